The molecule has 31 heavy (non-hydrogen) atoms. The molecule has 0 saturated heterocycles. The minimum atomic E-state index is 0.253. The van der Waals surface area contributed by atoms with Gasteiger partial charge in [-0.15, -0.1) is 0 Å². The van der Waals surface area contributed by atoms with Crippen LogP contribution in [-0.4, -0.2) is 18.0 Å². The summed E-state index contributed by atoms with van der Waals surface area (Å²) in [6.07, 6.45) is 8.69. The van der Waals surface area contributed by atoms with Crippen molar-refractivity contribution in [3.05, 3.63) is 70.8 Å². The molecule has 0 amide bonds. The highest BCUT2D eigenvalue weighted by Gasteiger charge is 2.49. The molecule has 2 aliphatic carbocycles. The van der Waals surface area contributed by atoms with Gasteiger partial charge in [0.15, 0.2) is 0 Å². The Morgan fingerprint density at radius 3 is 2.10 bits per heavy atom. The zero-order chi connectivity index (χ0) is 22.3. The molecule has 2 saturated carbocycles. The van der Waals surface area contributed by atoms with Crippen LogP contribution < -0.4 is 0 Å². The van der Waals surface area contributed by atoms with E-state index < -0.39 is 0 Å². The molecule has 166 valence electrons. The predicted molar refractivity (Wildman–Crippen MR) is 138 cm³/mol. The van der Waals surface area contributed by atoms with Gasteiger partial charge in [-0.2, -0.15) is 5.26 Å². The second kappa shape index (κ2) is 11.1. The highest BCUT2D eigenvalue weighted by molar-refractivity contribution is 9.10. The van der Waals surface area contributed by atoms with Crippen LogP contribution in [0.3, 0.4) is 0 Å². The van der Waals surface area contributed by atoms with Crippen LogP contribution >= 0.6 is 31.9 Å². The fourth-order valence-corrected chi connectivity index (χ4v) is 5.27. The molecule has 0 unspecified atom stereocenters. The summed E-state index contributed by atoms with van der Waals surface area (Å²) in [4.78, 5) is 2.61. The van der Waals surface area contributed by atoms with Crippen molar-refractivity contribution in [2.24, 2.45) is 0 Å². The Bertz CT molecular complexity index is 880. The molecular formula is C27H34Br2N2. The van der Waals surface area contributed by atoms with Crippen LogP contribution in [0.15, 0.2) is 48.5 Å². The number of aryl methyl sites for hydroxylation is 1. The Hall–Kier alpha value is -1.15. The molecular weight excluding hydrogens is 512 g/mol. The van der Waals surface area contributed by atoms with Crippen LogP contribution in [0.5, 0.6) is 0 Å². The lowest BCUT2D eigenvalue weighted by Gasteiger charge is -2.22. The molecule has 0 bridgehead atoms. The Kier molecular flexibility index (Phi) is 8.79. The Morgan fingerprint density at radius 2 is 1.52 bits per heavy atom. The lowest BCUT2D eigenvalue weighted by atomic mass is 9.95. The van der Waals surface area contributed by atoms with Crippen molar-refractivity contribution in [2.45, 2.75) is 74.0 Å². The lowest BCUT2D eigenvalue weighted by molar-refractivity contribution is 0.262. The molecule has 0 heterocycles. The summed E-state index contributed by atoms with van der Waals surface area (Å²) in [5.41, 5.74) is 6.00. The maximum absolute atomic E-state index is 7.32. The molecule has 2 aliphatic rings. The molecule has 0 aliphatic heterocycles. The Balaban J connectivity index is 0.000000858. The number of hydrogen-bond donors (Lipinski definition) is 0. The van der Waals surface area contributed by atoms with Gasteiger partial charge in [-0.1, -0.05) is 87.3 Å². The van der Waals surface area contributed by atoms with Crippen molar-refractivity contribution >= 4 is 31.9 Å². The number of nitriles is 1. The van der Waals surface area contributed by atoms with Crippen molar-refractivity contribution in [3.63, 3.8) is 0 Å². The van der Waals surface area contributed by atoms with E-state index in [2.05, 4.69) is 92.2 Å². The minimum absolute atomic E-state index is 0.253. The fraction of sp³-hybridized carbons (Fsp3) is 0.519. The zero-order valence-electron chi connectivity index (χ0n) is 18.8. The van der Waals surface area contributed by atoms with Gasteiger partial charge in [0.05, 0.1) is 14.7 Å². The average molecular weight is 546 g/mol. The van der Waals surface area contributed by atoms with Gasteiger partial charge in [0.2, 0.25) is 0 Å². The van der Waals surface area contributed by atoms with Crippen LogP contribution in [0.25, 0.3) is 0 Å². The van der Waals surface area contributed by atoms with Gasteiger partial charge >= 0.3 is 0 Å². The van der Waals surface area contributed by atoms with E-state index in [9.17, 15) is 0 Å². The Morgan fingerprint density at radius 1 is 0.903 bits per heavy atom. The normalized spacial score (nSPS) is 17.4. The topological polar surface area (TPSA) is 27.0 Å². The molecule has 4 heteroatoms. The molecule has 2 aromatic carbocycles. The summed E-state index contributed by atoms with van der Waals surface area (Å²) < 4.78 is 0.515. The maximum atomic E-state index is 7.32. The first kappa shape index (κ1) is 24.5. The molecule has 0 aromatic heterocycles. The quantitative estimate of drug-likeness (QED) is 0.284. The monoisotopic (exact) mass is 544 g/mol. The molecule has 0 spiro atoms. The number of halogens is 2. The largest absolute Gasteiger partial charge is 0.299 e. The zero-order valence-corrected chi connectivity index (χ0v) is 22.0. The summed E-state index contributed by atoms with van der Waals surface area (Å²) in [7, 11) is 0. The van der Waals surface area contributed by atoms with Crippen LogP contribution in [0.4, 0.5) is 0 Å². The van der Waals surface area contributed by atoms with Gasteiger partial charge in [-0.25, -0.2) is 0 Å². The second-order valence-electron chi connectivity index (χ2n) is 8.90. The van der Waals surface area contributed by atoms with E-state index in [-0.39, 0.29) is 8.65 Å². The first-order chi connectivity index (χ1) is 14.9. The van der Waals surface area contributed by atoms with Gasteiger partial charge in [-0.3, -0.25) is 4.90 Å². The Labute approximate surface area is 205 Å². The maximum Gasteiger partial charge on any atom is 0.0587 e. The first-order valence-electron chi connectivity index (χ1n) is 11.5. The predicted octanol–water partition coefficient (Wildman–Crippen LogP) is 7.83. The summed E-state index contributed by atoms with van der Waals surface area (Å²) in [6.45, 7) is 7.12. The van der Waals surface area contributed by atoms with Gasteiger partial charge in [0.25, 0.3) is 0 Å². The van der Waals surface area contributed by atoms with Gasteiger partial charge in [0, 0.05) is 13.5 Å². The SMILES string of the molecule is CC#N.CCCN(CCCc1ccc(C2(Br)CC2)c(C2(Br)CC2)c1)Cc1ccccc1. The third-order valence-corrected chi connectivity index (χ3v) is 8.60. The average Bonchev–Trinajstić information content (AvgIpc) is 3.69. The molecule has 2 aromatic rings. The molecule has 2 fully saturated rings. The minimum Gasteiger partial charge on any atom is -0.299 e. The fourth-order valence-electron chi connectivity index (χ4n) is 4.20. The summed E-state index contributed by atoms with van der Waals surface area (Å²) in [6, 6.07) is 19.9. The third-order valence-electron chi connectivity index (χ3n) is 6.16. The van der Waals surface area contributed by atoms with Crippen LogP contribution in [0.1, 0.15) is 74.6 Å². The van der Waals surface area contributed by atoms with E-state index >= 15 is 0 Å². The number of nitrogens with zero attached hydrogens (tertiary/aromatic N) is 2. The van der Waals surface area contributed by atoms with Gasteiger partial charge < -0.3 is 0 Å². The highest BCUT2D eigenvalue weighted by Crippen LogP contribution is 2.61. The van der Waals surface area contributed by atoms with E-state index in [1.54, 1.807) is 11.6 Å². The van der Waals surface area contributed by atoms with Crippen molar-refractivity contribution in [1.82, 2.24) is 4.90 Å². The molecule has 0 atom stereocenters. The molecule has 0 radical (unpaired) electrons. The lowest BCUT2D eigenvalue weighted by Crippen LogP contribution is -2.25. The van der Waals surface area contributed by atoms with Crippen LogP contribution in [0.2, 0.25) is 0 Å². The van der Waals surface area contributed by atoms with E-state index in [0.717, 1.165) is 6.54 Å². The summed E-state index contributed by atoms with van der Waals surface area (Å²) in [5.74, 6) is 0. The third kappa shape index (κ3) is 6.91. The van der Waals surface area contributed by atoms with Crippen molar-refractivity contribution in [3.8, 4) is 6.07 Å². The molecule has 2 nitrogen and oxygen atoms in total. The van der Waals surface area contributed by atoms with E-state index in [4.69, 9.17) is 5.26 Å². The standard InChI is InChI=1S/C25H31Br2N.C2H3N/c1-2-16-28(19-21-7-4-3-5-8-21)17-6-9-20-10-11-22(24(26)12-13-24)23(18-20)25(27)14-15-25;1-2-3/h3-5,7-8,10-11,18H,2,6,9,12-17,19H2,1H3;1H3. The number of benzene rings is 2. The van der Waals surface area contributed by atoms with Crippen LogP contribution in [0, 0.1) is 11.3 Å². The van der Waals surface area contributed by atoms with Crippen LogP contribution in [-0.2, 0) is 21.6 Å². The van der Waals surface area contributed by atoms with Gasteiger partial charge in [0.1, 0.15) is 0 Å². The van der Waals surface area contributed by atoms with E-state index in [0.29, 0.717) is 0 Å². The van der Waals surface area contributed by atoms with Crippen molar-refractivity contribution in [1.29, 1.82) is 5.26 Å². The number of rotatable bonds is 10. The summed E-state index contributed by atoms with van der Waals surface area (Å²) >= 11 is 8.01. The number of alkyl halides is 2. The molecule has 0 N–H and O–H groups in total. The van der Waals surface area contributed by atoms with E-state index in [1.165, 1.54) is 81.6 Å². The molecule has 4 rings (SSSR count). The number of hydrogen-bond acceptors (Lipinski definition) is 2. The van der Waals surface area contributed by atoms with Crippen molar-refractivity contribution in [2.75, 3.05) is 13.1 Å². The van der Waals surface area contributed by atoms with E-state index in [1.807, 2.05) is 0 Å². The van der Waals surface area contributed by atoms with Gasteiger partial charge in [-0.05, 0) is 80.3 Å². The van der Waals surface area contributed by atoms with Crippen molar-refractivity contribution < 1.29 is 0 Å². The first-order valence-corrected chi connectivity index (χ1v) is 13.1. The summed E-state index contributed by atoms with van der Waals surface area (Å²) in [5, 5.41) is 7.32. The second-order valence-corrected chi connectivity index (χ2v) is 11.9. The highest BCUT2D eigenvalue weighted by atomic mass is 79.9. The smallest absolute Gasteiger partial charge is 0.0587 e.